The van der Waals surface area contributed by atoms with Crippen LogP contribution >= 0.6 is 0 Å². The number of Topliss-reactive ketones (excluding diaryl/α,β-unsaturated/α-hetero) is 1. The van der Waals surface area contributed by atoms with E-state index in [-0.39, 0.29) is 23.5 Å². The van der Waals surface area contributed by atoms with Gasteiger partial charge in [-0.15, -0.1) is 0 Å². The molecule has 4 aliphatic rings. The Kier molecular flexibility index (Phi) is 3.32. The third-order valence-electron chi connectivity index (χ3n) is 7.80. The summed E-state index contributed by atoms with van der Waals surface area (Å²) in [7, 11) is 0. The molecular weight excluding hydrogens is 276 g/mol. The third-order valence-corrected chi connectivity index (χ3v) is 7.80. The quantitative estimate of drug-likeness (QED) is 0.732. The number of fused-ring (bicyclic) bond motifs is 5. The fourth-order valence-corrected chi connectivity index (χ4v) is 6.57. The zero-order valence-electron chi connectivity index (χ0n) is 13.6. The summed E-state index contributed by atoms with van der Waals surface area (Å²) in [5, 5.41) is 20.2. The molecule has 0 aliphatic heterocycles. The second kappa shape index (κ2) is 4.91. The van der Waals surface area contributed by atoms with Crippen molar-refractivity contribution in [2.75, 3.05) is 6.61 Å². The highest BCUT2D eigenvalue weighted by Crippen LogP contribution is 2.64. The van der Waals surface area contributed by atoms with Crippen LogP contribution in [-0.4, -0.2) is 28.7 Å². The summed E-state index contributed by atoms with van der Waals surface area (Å²) >= 11 is 0. The molecule has 0 spiro atoms. The van der Waals surface area contributed by atoms with Gasteiger partial charge >= 0.3 is 0 Å². The molecule has 4 rings (SSSR count). The Bertz CT molecular complexity index is 525. The average Bonchev–Trinajstić information content (AvgIpc) is 2.82. The van der Waals surface area contributed by atoms with Gasteiger partial charge in [0.15, 0.2) is 0 Å². The van der Waals surface area contributed by atoms with Gasteiger partial charge in [0.1, 0.15) is 5.78 Å². The second-order valence-corrected chi connectivity index (χ2v) is 8.45. The van der Waals surface area contributed by atoms with Crippen molar-refractivity contribution in [2.45, 2.75) is 64.4 Å². The van der Waals surface area contributed by atoms with E-state index in [0.29, 0.717) is 23.5 Å². The highest BCUT2D eigenvalue weighted by atomic mass is 16.3. The minimum absolute atomic E-state index is 0.0901. The molecular formula is C19H28O3. The van der Waals surface area contributed by atoms with Crippen LogP contribution in [0.5, 0.6) is 0 Å². The fraction of sp³-hybridized carbons (Fsp3) is 0.842. The van der Waals surface area contributed by atoms with E-state index in [2.05, 4.69) is 6.92 Å². The molecule has 0 amide bonds. The standard InChI is InChI=1S/C19H28O3/c1-18-8-7-16-14(15(18)4-5-17(18)22)3-2-12-10-13(21)6-9-19(12,16)11-20/h10,13-16,20-21H,2-9,11H2,1H3/t13?,14-,15-,16+,18-,19+/m0/s1. The van der Waals surface area contributed by atoms with Crippen LogP contribution in [-0.2, 0) is 4.79 Å². The third kappa shape index (κ3) is 1.78. The van der Waals surface area contributed by atoms with Crippen molar-refractivity contribution in [1.29, 1.82) is 0 Å². The molecule has 22 heavy (non-hydrogen) atoms. The highest BCUT2D eigenvalue weighted by molar-refractivity contribution is 5.87. The molecule has 3 saturated carbocycles. The van der Waals surface area contributed by atoms with Gasteiger partial charge in [-0.1, -0.05) is 18.6 Å². The van der Waals surface area contributed by atoms with Crippen LogP contribution in [0.15, 0.2) is 11.6 Å². The number of hydrogen-bond donors (Lipinski definition) is 2. The first kappa shape index (κ1) is 14.9. The maximum atomic E-state index is 12.4. The Hall–Kier alpha value is -0.670. The Morgan fingerprint density at radius 3 is 2.73 bits per heavy atom. The lowest BCUT2D eigenvalue weighted by atomic mass is 9.47. The second-order valence-electron chi connectivity index (χ2n) is 8.45. The van der Waals surface area contributed by atoms with Crippen molar-refractivity contribution in [3.05, 3.63) is 11.6 Å². The molecule has 4 aliphatic carbocycles. The van der Waals surface area contributed by atoms with Gasteiger partial charge in [-0.25, -0.2) is 0 Å². The normalized spacial score (nSPS) is 50.9. The topological polar surface area (TPSA) is 57.5 Å². The molecule has 0 aromatic rings. The number of hydrogen-bond acceptors (Lipinski definition) is 3. The van der Waals surface area contributed by atoms with Gasteiger partial charge in [0.2, 0.25) is 0 Å². The first-order chi connectivity index (χ1) is 10.5. The van der Waals surface area contributed by atoms with Crippen molar-refractivity contribution >= 4 is 5.78 Å². The summed E-state index contributed by atoms with van der Waals surface area (Å²) in [6.07, 6.45) is 9.41. The number of ketones is 1. The van der Waals surface area contributed by atoms with Crippen LogP contribution in [0.1, 0.15) is 58.3 Å². The summed E-state index contributed by atoms with van der Waals surface area (Å²) in [6, 6.07) is 0. The van der Waals surface area contributed by atoms with Crippen LogP contribution in [0.4, 0.5) is 0 Å². The lowest BCUT2D eigenvalue weighted by Gasteiger charge is -2.57. The van der Waals surface area contributed by atoms with Crippen LogP contribution in [0.2, 0.25) is 0 Å². The molecule has 1 unspecified atom stereocenters. The smallest absolute Gasteiger partial charge is 0.139 e. The minimum atomic E-state index is -0.326. The van der Waals surface area contributed by atoms with Crippen molar-refractivity contribution in [2.24, 2.45) is 28.6 Å². The van der Waals surface area contributed by atoms with Crippen molar-refractivity contribution in [3.8, 4) is 0 Å². The summed E-state index contributed by atoms with van der Waals surface area (Å²) in [5.41, 5.74) is 1.12. The lowest BCUT2D eigenvalue weighted by Crippen LogP contribution is -2.53. The molecule has 122 valence electrons. The Morgan fingerprint density at radius 2 is 1.95 bits per heavy atom. The molecule has 3 fully saturated rings. The predicted octanol–water partition coefficient (Wildman–Crippen LogP) is 2.85. The van der Waals surface area contributed by atoms with Gasteiger partial charge in [0, 0.05) is 17.3 Å². The predicted molar refractivity (Wildman–Crippen MR) is 84.1 cm³/mol. The molecule has 0 aromatic heterocycles. The van der Waals surface area contributed by atoms with Gasteiger partial charge in [0.05, 0.1) is 12.7 Å². The first-order valence-corrected chi connectivity index (χ1v) is 9.05. The molecule has 3 heteroatoms. The first-order valence-electron chi connectivity index (χ1n) is 9.05. The van der Waals surface area contributed by atoms with Crippen LogP contribution in [0.3, 0.4) is 0 Å². The fourth-order valence-electron chi connectivity index (χ4n) is 6.57. The number of aliphatic hydroxyl groups is 2. The molecule has 3 nitrogen and oxygen atoms in total. The monoisotopic (exact) mass is 304 g/mol. The average molecular weight is 304 g/mol. The van der Waals surface area contributed by atoms with E-state index in [1.165, 1.54) is 5.57 Å². The van der Waals surface area contributed by atoms with Gasteiger partial charge in [-0.3, -0.25) is 4.79 Å². The summed E-state index contributed by atoms with van der Waals surface area (Å²) in [4.78, 5) is 12.4. The molecule has 0 radical (unpaired) electrons. The van der Waals surface area contributed by atoms with Crippen LogP contribution in [0.25, 0.3) is 0 Å². The van der Waals surface area contributed by atoms with Gasteiger partial charge in [-0.2, -0.15) is 0 Å². The van der Waals surface area contributed by atoms with Gasteiger partial charge in [0.25, 0.3) is 0 Å². The van der Waals surface area contributed by atoms with E-state index in [9.17, 15) is 15.0 Å². The van der Waals surface area contributed by atoms with Crippen LogP contribution < -0.4 is 0 Å². The zero-order valence-corrected chi connectivity index (χ0v) is 13.6. The lowest BCUT2D eigenvalue weighted by molar-refractivity contribution is -0.133. The van der Waals surface area contributed by atoms with Crippen molar-refractivity contribution in [1.82, 2.24) is 0 Å². The highest BCUT2D eigenvalue weighted by Gasteiger charge is 2.59. The maximum Gasteiger partial charge on any atom is 0.139 e. The van der Waals surface area contributed by atoms with Gasteiger partial charge in [-0.05, 0) is 62.7 Å². The van der Waals surface area contributed by atoms with Crippen molar-refractivity contribution in [3.63, 3.8) is 0 Å². The molecule has 2 N–H and O–H groups in total. The number of rotatable bonds is 1. The van der Waals surface area contributed by atoms with E-state index >= 15 is 0 Å². The number of aliphatic hydroxyl groups excluding tert-OH is 2. The SMILES string of the molecule is C[C@]12CC[C@@H]3[C@@H](CCC4=CC(O)CC[C@@]43CO)[C@@H]1CCC2=O. The maximum absolute atomic E-state index is 12.4. The number of carbonyl (C=O) groups excluding carboxylic acids is 1. The van der Waals surface area contributed by atoms with Crippen LogP contribution in [0, 0.1) is 28.6 Å². The van der Waals surface area contributed by atoms with E-state index in [1.54, 1.807) is 0 Å². The van der Waals surface area contributed by atoms with E-state index in [0.717, 1.165) is 51.4 Å². The Labute approximate surface area is 132 Å². The molecule has 0 bridgehead atoms. The largest absolute Gasteiger partial charge is 0.395 e. The number of carbonyl (C=O) groups is 1. The van der Waals surface area contributed by atoms with E-state index in [4.69, 9.17) is 0 Å². The minimum Gasteiger partial charge on any atom is -0.395 e. The molecule has 0 heterocycles. The molecule has 0 saturated heterocycles. The summed E-state index contributed by atoms with van der Waals surface area (Å²) in [5.74, 6) is 2.10. The van der Waals surface area contributed by atoms with E-state index in [1.807, 2.05) is 6.08 Å². The summed E-state index contributed by atoms with van der Waals surface area (Å²) in [6.45, 7) is 2.41. The molecule has 0 aromatic carbocycles. The van der Waals surface area contributed by atoms with Crippen molar-refractivity contribution < 1.29 is 15.0 Å². The van der Waals surface area contributed by atoms with Gasteiger partial charge < -0.3 is 10.2 Å². The van der Waals surface area contributed by atoms with E-state index < -0.39 is 0 Å². The summed E-state index contributed by atoms with van der Waals surface area (Å²) < 4.78 is 0. The Balaban J connectivity index is 1.71. The molecule has 6 atom stereocenters. The zero-order chi connectivity index (χ0) is 15.5. The Morgan fingerprint density at radius 1 is 1.14 bits per heavy atom.